The van der Waals surface area contributed by atoms with Gasteiger partial charge in [-0.1, -0.05) is 42.8 Å². The molecule has 3 rings (SSSR count). The highest BCUT2D eigenvalue weighted by Gasteiger charge is 2.26. The van der Waals surface area contributed by atoms with Crippen LogP contribution in [0.25, 0.3) is 0 Å². The fourth-order valence-electron chi connectivity index (χ4n) is 2.82. The Hall–Kier alpha value is -2.51. The zero-order valence-electron chi connectivity index (χ0n) is 14.3. The van der Waals surface area contributed by atoms with Crippen molar-refractivity contribution < 1.29 is 13.2 Å². The van der Waals surface area contributed by atoms with Crippen LogP contribution in [0.5, 0.6) is 0 Å². The van der Waals surface area contributed by atoms with Crippen molar-refractivity contribution in [1.82, 2.24) is 9.73 Å². The molecule has 0 spiro atoms. The fourth-order valence-corrected chi connectivity index (χ4v) is 4.38. The van der Waals surface area contributed by atoms with Crippen LogP contribution in [0.2, 0.25) is 0 Å². The van der Waals surface area contributed by atoms with E-state index in [-0.39, 0.29) is 10.5 Å². The molecule has 1 aliphatic rings. The van der Waals surface area contributed by atoms with Crippen LogP contribution in [0.15, 0.2) is 64.6 Å². The van der Waals surface area contributed by atoms with Gasteiger partial charge in [-0.3, -0.25) is 4.79 Å². The first-order chi connectivity index (χ1) is 12.6. The highest BCUT2D eigenvalue weighted by molar-refractivity contribution is 7.89. The minimum Gasteiger partial charge on any atom is -0.267 e. The first-order valence-corrected chi connectivity index (χ1v) is 10.00. The van der Waals surface area contributed by atoms with Crippen LogP contribution in [0, 0.1) is 0 Å². The van der Waals surface area contributed by atoms with Crippen LogP contribution in [0.4, 0.5) is 0 Å². The molecule has 7 heteroatoms. The topological polar surface area (TPSA) is 78.8 Å². The molecule has 1 saturated heterocycles. The number of carbonyl (C=O) groups is 1. The SMILES string of the molecule is O=C(NN=Cc1ccccc1)c1cccc(S(=O)(=O)N2CCCCC2)c1. The second-order valence-electron chi connectivity index (χ2n) is 6.10. The molecule has 0 radical (unpaired) electrons. The van der Waals surface area contributed by atoms with Crippen molar-refractivity contribution in [1.29, 1.82) is 0 Å². The van der Waals surface area contributed by atoms with Crippen LogP contribution < -0.4 is 5.43 Å². The largest absolute Gasteiger partial charge is 0.271 e. The van der Waals surface area contributed by atoms with Crippen molar-refractivity contribution >= 4 is 22.1 Å². The van der Waals surface area contributed by atoms with Crippen molar-refractivity contribution in [3.05, 3.63) is 65.7 Å². The first kappa shape index (κ1) is 18.3. The minimum atomic E-state index is -3.57. The Balaban J connectivity index is 1.72. The number of sulfonamides is 1. The predicted molar refractivity (Wildman–Crippen MR) is 101 cm³/mol. The number of rotatable bonds is 5. The summed E-state index contributed by atoms with van der Waals surface area (Å²) in [6.45, 7) is 1.06. The Morgan fingerprint density at radius 2 is 1.73 bits per heavy atom. The molecule has 26 heavy (non-hydrogen) atoms. The standard InChI is InChI=1S/C19H21N3O3S/c23-19(21-20-15-16-8-3-1-4-9-16)17-10-7-11-18(14-17)26(24,25)22-12-5-2-6-13-22/h1,3-4,7-11,14-15H,2,5-6,12-13H2,(H,21,23). The van der Waals surface area contributed by atoms with E-state index in [4.69, 9.17) is 0 Å². The van der Waals surface area contributed by atoms with Crippen molar-refractivity contribution in [2.24, 2.45) is 5.10 Å². The maximum Gasteiger partial charge on any atom is 0.271 e. The van der Waals surface area contributed by atoms with Gasteiger partial charge in [0.25, 0.3) is 5.91 Å². The van der Waals surface area contributed by atoms with Gasteiger partial charge in [0.2, 0.25) is 10.0 Å². The molecule has 1 N–H and O–H groups in total. The molecule has 2 aromatic rings. The molecule has 136 valence electrons. The summed E-state index contributed by atoms with van der Waals surface area (Å²) in [6, 6.07) is 15.4. The molecule has 0 bridgehead atoms. The third-order valence-electron chi connectivity index (χ3n) is 4.23. The van der Waals surface area contributed by atoms with Gasteiger partial charge in [-0.05, 0) is 36.6 Å². The third kappa shape index (κ3) is 4.36. The van der Waals surface area contributed by atoms with Crippen LogP contribution in [-0.2, 0) is 10.0 Å². The number of hydrogen-bond donors (Lipinski definition) is 1. The summed E-state index contributed by atoms with van der Waals surface area (Å²) in [7, 11) is -3.57. The summed E-state index contributed by atoms with van der Waals surface area (Å²) in [4.78, 5) is 12.4. The number of nitrogens with one attached hydrogen (secondary N) is 1. The van der Waals surface area contributed by atoms with Gasteiger partial charge in [0.1, 0.15) is 0 Å². The Morgan fingerprint density at radius 3 is 2.46 bits per heavy atom. The van der Waals surface area contributed by atoms with Gasteiger partial charge in [-0.2, -0.15) is 9.41 Å². The van der Waals surface area contributed by atoms with Crippen LogP contribution in [0.3, 0.4) is 0 Å². The van der Waals surface area contributed by atoms with E-state index in [1.54, 1.807) is 12.1 Å². The number of nitrogens with zero attached hydrogens (tertiary/aromatic N) is 2. The van der Waals surface area contributed by atoms with E-state index in [0.717, 1.165) is 24.8 Å². The zero-order chi connectivity index (χ0) is 18.4. The molecule has 1 heterocycles. The van der Waals surface area contributed by atoms with Crippen molar-refractivity contribution in [2.75, 3.05) is 13.1 Å². The summed E-state index contributed by atoms with van der Waals surface area (Å²) in [5.74, 6) is -0.451. The molecule has 0 unspecified atom stereocenters. The van der Waals surface area contributed by atoms with E-state index in [1.807, 2.05) is 30.3 Å². The van der Waals surface area contributed by atoms with E-state index in [1.165, 1.54) is 22.7 Å². The first-order valence-electron chi connectivity index (χ1n) is 8.56. The number of carbonyl (C=O) groups excluding carboxylic acids is 1. The lowest BCUT2D eigenvalue weighted by molar-refractivity contribution is 0.0955. The second kappa shape index (κ2) is 8.25. The molecule has 1 fully saturated rings. The Labute approximate surface area is 153 Å². The average Bonchev–Trinajstić information content (AvgIpc) is 2.69. The van der Waals surface area contributed by atoms with Gasteiger partial charge >= 0.3 is 0 Å². The third-order valence-corrected chi connectivity index (χ3v) is 6.12. The predicted octanol–water partition coefficient (Wildman–Crippen LogP) is 2.63. The number of piperidine rings is 1. The second-order valence-corrected chi connectivity index (χ2v) is 8.04. The van der Waals surface area contributed by atoms with E-state index in [9.17, 15) is 13.2 Å². The van der Waals surface area contributed by atoms with Crippen molar-refractivity contribution in [2.45, 2.75) is 24.2 Å². The van der Waals surface area contributed by atoms with Crippen molar-refractivity contribution in [3.8, 4) is 0 Å². The molecular formula is C19H21N3O3S. The van der Waals surface area contributed by atoms with Crippen LogP contribution in [0.1, 0.15) is 35.2 Å². The van der Waals surface area contributed by atoms with Crippen LogP contribution in [-0.4, -0.2) is 37.9 Å². The van der Waals surface area contributed by atoms with Gasteiger partial charge in [-0.25, -0.2) is 13.8 Å². The molecule has 1 aliphatic heterocycles. The van der Waals surface area contributed by atoms with E-state index < -0.39 is 15.9 Å². The molecule has 0 aromatic heterocycles. The summed E-state index contributed by atoms with van der Waals surface area (Å²) in [6.07, 6.45) is 4.32. The molecular weight excluding hydrogens is 350 g/mol. The van der Waals surface area contributed by atoms with Gasteiger partial charge in [0, 0.05) is 18.7 Å². The van der Waals surface area contributed by atoms with E-state index in [0.29, 0.717) is 13.1 Å². The Morgan fingerprint density at radius 1 is 1.00 bits per heavy atom. The van der Waals surface area contributed by atoms with Gasteiger partial charge < -0.3 is 0 Å². The molecule has 0 saturated carbocycles. The number of amides is 1. The summed E-state index contributed by atoms with van der Waals surface area (Å²) < 4.78 is 26.9. The maximum absolute atomic E-state index is 12.7. The fraction of sp³-hybridized carbons (Fsp3) is 0.263. The summed E-state index contributed by atoms with van der Waals surface area (Å²) in [5, 5.41) is 3.92. The zero-order valence-corrected chi connectivity index (χ0v) is 15.2. The Kier molecular flexibility index (Phi) is 5.80. The summed E-state index contributed by atoms with van der Waals surface area (Å²) >= 11 is 0. The Bertz CT molecular complexity index is 889. The number of hydrogen-bond acceptors (Lipinski definition) is 4. The molecule has 0 atom stereocenters. The monoisotopic (exact) mass is 371 g/mol. The lowest BCUT2D eigenvalue weighted by Gasteiger charge is -2.25. The maximum atomic E-state index is 12.7. The minimum absolute atomic E-state index is 0.138. The van der Waals surface area contributed by atoms with Crippen molar-refractivity contribution in [3.63, 3.8) is 0 Å². The van der Waals surface area contributed by atoms with Gasteiger partial charge in [-0.15, -0.1) is 0 Å². The van der Waals surface area contributed by atoms with E-state index >= 15 is 0 Å². The molecule has 1 amide bonds. The molecule has 6 nitrogen and oxygen atoms in total. The number of benzene rings is 2. The smallest absolute Gasteiger partial charge is 0.267 e. The van der Waals surface area contributed by atoms with Gasteiger partial charge in [0.15, 0.2) is 0 Å². The lowest BCUT2D eigenvalue weighted by atomic mass is 10.2. The normalized spacial score (nSPS) is 15.8. The highest BCUT2D eigenvalue weighted by atomic mass is 32.2. The lowest BCUT2D eigenvalue weighted by Crippen LogP contribution is -2.35. The van der Waals surface area contributed by atoms with Gasteiger partial charge in [0.05, 0.1) is 11.1 Å². The molecule has 2 aromatic carbocycles. The average molecular weight is 371 g/mol. The molecule has 0 aliphatic carbocycles. The van der Waals surface area contributed by atoms with E-state index in [2.05, 4.69) is 10.5 Å². The van der Waals surface area contributed by atoms with Crippen LogP contribution >= 0.6 is 0 Å². The number of hydrazone groups is 1. The summed E-state index contributed by atoms with van der Waals surface area (Å²) in [5.41, 5.74) is 3.54. The quantitative estimate of drug-likeness (QED) is 0.648. The highest BCUT2D eigenvalue weighted by Crippen LogP contribution is 2.21.